The first-order valence-electron chi connectivity index (χ1n) is 5.30. The summed E-state index contributed by atoms with van der Waals surface area (Å²) in [4.78, 5) is 2.84. The highest BCUT2D eigenvalue weighted by atomic mass is 32.1. The Hall–Kier alpha value is -1.25. The molecule has 1 saturated heterocycles. The summed E-state index contributed by atoms with van der Waals surface area (Å²) in [6.45, 7) is 5.83. The first-order chi connectivity index (χ1) is 7.60. The molecule has 0 aliphatic carbocycles. The first-order valence-corrected chi connectivity index (χ1v) is 6.11. The Morgan fingerprint density at radius 2 is 2.12 bits per heavy atom. The van der Waals surface area contributed by atoms with Crippen LogP contribution in [0.1, 0.15) is 18.7 Å². The Bertz CT molecular complexity index is 413. The molecule has 1 aromatic heterocycles. The molecule has 1 aliphatic heterocycles. The Labute approximate surface area is 99.2 Å². The van der Waals surface area contributed by atoms with Crippen molar-refractivity contribution in [2.75, 3.05) is 23.7 Å². The zero-order chi connectivity index (χ0) is 11.7. The molecule has 0 saturated carbocycles. The molecule has 4 nitrogen and oxygen atoms in total. The molecule has 0 radical (unpaired) electrons. The summed E-state index contributed by atoms with van der Waals surface area (Å²) in [5.41, 5.74) is 6.34. The molecule has 2 heterocycles. The third kappa shape index (κ3) is 2.13. The Kier molecular flexibility index (Phi) is 3.03. The van der Waals surface area contributed by atoms with Crippen LogP contribution >= 0.6 is 11.3 Å². The lowest BCUT2D eigenvalue weighted by molar-refractivity contribution is -0.00500. The summed E-state index contributed by atoms with van der Waals surface area (Å²) in [6, 6.07) is 4.00. The molecule has 1 aromatic rings. The molecular weight excluding hydrogens is 222 g/mol. The van der Waals surface area contributed by atoms with E-state index < -0.39 is 0 Å². The molecule has 0 amide bonds. The van der Waals surface area contributed by atoms with Crippen molar-refractivity contribution in [2.24, 2.45) is 0 Å². The lowest BCUT2D eigenvalue weighted by atomic mass is 10.2. The highest BCUT2D eigenvalue weighted by molar-refractivity contribution is 7.17. The van der Waals surface area contributed by atoms with Crippen LogP contribution in [0.25, 0.3) is 0 Å². The highest BCUT2D eigenvalue weighted by Gasteiger charge is 2.24. The number of hydrogen-bond donors (Lipinski definition) is 1. The Morgan fingerprint density at radius 3 is 2.62 bits per heavy atom. The lowest BCUT2D eigenvalue weighted by Gasteiger charge is -2.35. The van der Waals surface area contributed by atoms with Gasteiger partial charge in [-0.3, -0.25) is 0 Å². The molecule has 0 aromatic carbocycles. The third-order valence-electron chi connectivity index (χ3n) is 2.58. The zero-order valence-electron chi connectivity index (χ0n) is 9.43. The maximum Gasteiger partial charge on any atom is 0.129 e. The van der Waals surface area contributed by atoms with E-state index in [0.717, 1.165) is 18.1 Å². The maximum absolute atomic E-state index is 8.87. The summed E-state index contributed by atoms with van der Waals surface area (Å²) in [7, 11) is 0. The van der Waals surface area contributed by atoms with Crippen LogP contribution in [-0.4, -0.2) is 25.3 Å². The fourth-order valence-corrected chi connectivity index (χ4v) is 2.89. The predicted molar refractivity (Wildman–Crippen MR) is 65.7 cm³/mol. The molecule has 2 N–H and O–H groups in total. The van der Waals surface area contributed by atoms with Crippen molar-refractivity contribution in [3.63, 3.8) is 0 Å². The summed E-state index contributed by atoms with van der Waals surface area (Å²) < 4.78 is 5.67. The van der Waals surface area contributed by atoms with Gasteiger partial charge >= 0.3 is 0 Å². The number of hydrogen-bond acceptors (Lipinski definition) is 5. The van der Waals surface area contributed by atoms with E-state index in [0.29, 0.717) is 10.6 Å². The second-order valence-electron chi connectivity index (χ2n) is 4.14. The van der Waals surface area contributed by atoms with E-state index >= 15 is 0 Å². The van der Waals surface area contributed by atoms with Gasteiger partial charge < -0.3 is 15.4 Å². The average Bonchev–Trinajstić information content (AvgIpc) is 2.58. The number of morpholine rings is 1. The van der Waals surface area contributed by atoms with Crippen molar-refractivity contribution in [2.45, 2.75) is 26.1 Å². The third-order valence-corrected chi connectivity index (χ3v) is 3.70. The molecule has 1 aliphatic rings. The van der Waals surface area contributed by atoms with Crippen LogP contribution in [0.3, 0.4) is 0 Å². The lowest BCUT2D eigenvalue weighted by Crippen LogP contribution is -2.45. The molecular formula is C11H15N3OS. The van der Waals surface area contributed by atoms with Gasteiger partial charge in [0.2, 0.25) is 0 Å². The van der Waals surface area contributed by atoms with Crippen LogP contribution in [0.4, 0.5) is 10.7 Å². The van der Waals surface area contributed by atoms with Gasteiger partial charge in [0.05, 0.1) is 22.9 Å². The van der Waals surface area contributed by atoms with Crippen LogP contribution in [-0.2, 0) is 4.74 Å². The van der Waals surface area contributed by atoms with Gasteiger partial charge in [0.15, 0.2) is 0 Å². The molecule has 0 bridgehead atoms. The normalized spacial score (nSPS) is 25.4. The van der Waals surface area contributed by atoms with E-state index in [9.17, 15) is 0 Å². The molecule has 5 heteroatoms. The number of nitrogens with two attached hydrogens (primary N) is 1. The fraction of sp³-hybridized carbons (Fsp3) is 0.545. The van der Waals surface area contributed by atoms with Crippen molar-refractivity contribution in [3.8, 4) is 6.07 Å². The van der Waals surface area contributed by atoms with E-state index in [-0.39, 0.29) is 12.2 Å². The molecule has 2 unspecified atom stereocenters. The Morgan fingerprint density at radius 1 is 1.50 bits per heavy atom. The minimum absolute atomic E-state index is 0.220. The van der Waals surface area contributed by atoms with Crippen molar-refractivity contribution in [3.05, 3.63) is 10.9 Å². The number of nitrogen functional groups attached to an aromatic ring is 1. The Balaban J connectivity index is 2.20. The summed E-state index contributed by atoms with van der Waals surface area (Å²) in [6.07, 6.45) is 0.440. The smallest absolute Gasteiger partial charge is 0.129 e. The molecule has 16 heavy (non-hydrogen) atoms. The number of thiophene rings is 1. The predicted octanol–water partition coefficient (Wildman–Crippen LogP) is 1.82. The van der Waals surface area contributed by atoms with Gasteiger partial charge in [0.25, 0.3) is 0 Å². The van der Waals surface area contributed by atoms with E-state index in [1.807, 2.05) is 6.07 Å². The molecule has 2 rings (SSSR count). The minimum atomic E-state index is 0.220. The number of rotatable bonds is 1. The monoisotopic (exact) mass is 237 g/mol. The topological polar surface area (TPSA) is 62.3 Å². The number of ether oxygens (including phenoxy) is 1. The van der Waals surface area contributed by atoms with E-state index in [1.165, 1.54) is 11.3 Å². The molecule has 0 spiro atoms. The molecule has 1 fully saturated rings. The second kappa shape index (κ2) is 4.32. The van der Waals surface area contributed by atoms with Gasteiger partial charge in [-0.25, -0.2) is 0 Å². The SMILES string of the molecule is CC1CN(c2cc(N)c(C#N)s2)CC(C)O1. The van der Waals surface area contributed by atoms with E-state index in [4.69, 9.17) is 15.7 Å². The van der Waals surface area contributed by atoms with Gasteiger partial charge in [-0.1, -0.05) is 0 Å². The second-order valence-corrected chi connectivity index (χ2v) is 5.17. The number of nitrogens with zero attached hydrogens (tertiary/aromatic N) is 2. The summed E-state index contributed by atoms with van der Waals surface area (Å²) >= 11 is 1.45. The van der Waals surface area contributed by atoms with E-state index in [1.54, 1.807) is 0 Å². The first kappa shape index (κ1) is 11.2. The van der Waals surface area contributed by atoms with E-state index in [2.05, 4.69) is 24.8 Å². The molecule has 86 valence electrons. The zero-order valence-corrected chi connectivity index (χ0v) is 10.3. The van der Waals surface area contributed by atoms with Gasteiger partial charge in [-0.05, 0) is 19.9 Å². The minimum Gasteiger partial charge on any atom is -0.397 e. The quantitative estimate of drug-likeness (QED) is 0.809. The maximum atomic E-state index is 8.87. The van der Waals surface area contributed by atoms with Crippen LogP contribution in [0.5, 0.6) is 0 Å². The number of nitriles is 1. The number of anilines is 2. The summed E-state index contributed by atoms with van der Waals surface area (Å²) in [5, 5.41) is 9.94. The van der Waals surface area contributed by atoms with Crippen molar-refractivity contribution in [1.82, 2.24) is 0 Å². The van der Waals surface area contributed by atoms with Crippen LogP contribution in [0, 0.1) is 11.3 Å². The largest absolute Gasteiger partial charge is 0.397 e. The van der Waals surface area contributed by atoms with Gasteiger partial charge in [0.1, 0.15) is 10.9 Å². The van der Waals surface area contributed by atoms with Crippen molar-refractivity contribution in [1.29, 1.82) is 5.26 Å². The van der Waals surface area contributed by atoms with Crippen molar-refractivity contribution >= 4 is 22.0 Å². The standard InChI is InChI=1S/C11H15N3OS/c1-7-5-14(6-8(2)15-7)11-3-9(13)10(4-12)16-11/h3,7-8H,5-6,13H2,1-2H3. The van der Waals surface area contributed by atoms with Crippen LogP contribution in [0.2, 0.25) is 0 Å². The fourth-order valence-electron chi connectivity index (χ4n) is 1.99. The van der Waals surface area contributed by atoms with Crippen LogP contribution in [0.15, 0.2) is 6.07 Å². The summed E-state index contributed by atoms with van der Waals surface area (Å²) in [5.74, 6) is 0. The van der Waals surface area contributed by atoms with Gasteiger partial charge in [-0.2, -0.15) is 5.26 Å². The van der Waals surface area contributed by atoms with Gasteiger partial charge in [0, 0.05) is 13.1 Å². The average molecular weight is 237 g/mol. The molecule has 2 atom stereocenters. The van der Waals surface area contributed by atoms with Crippen molar-refractivity contribution < 1.29 is 4.74 Å². The highest BCUT2D eigenvalue weighted by Crippen LogP contribution is 2.33. The van der Waals surface area contributed by atoms with Crippen LogP contribution < -0.4 is 10.6 Å². The van der Waals surface area contributed by atoms with Gasteiger partial charge in [-0.15, -0.1) is 11.3 Å².